The lowest BCUT2D eigenvalue weighted by Crippen LogP contribution is -2.24. The number of aryl methyl sites for hydroxylation is 1. The lowest BCUT2D eigenvalue weighted by Gasteiger charge is -2.06. The van der Waals surface area contributed by atoms with Crippen molar-refractivity contribution < 1.29 is 4.79 Å². The fourth-order valence-electron chi connectivity index (χ4n) is 2.53. The highest BCUT2D eigenvalue weighted by Gasteiger charge is 2.14. The number of aromatic amines is 1. The Hall–Kier alpha value is -2.59. The molecule has 3 rings (SSSR count). The van der Waals surface area contributed by atoms with Crippen molar-refractivity contribution in [3.8, 4) is 11.3 Å². The van der Waals surface area contributed by atoms with Crippen LogP contribution in [0.3, 0.4) is 0 Å². The van der Waals surface area contributed by atoms with Crippen LogP contribution in [0, 0.1) is 0 Å². The highest BCUT2D eigenvalue weighted by atomic mass is 35.5. The fraction of sp³-hybridized carbons (Fsp3) is 0.158. The number of carbonyl (C=O) groups excluding carboxylic acids is 1. The summed E-state index contributed by atoms with van der Waals surface area (Å²) in [5, 5.41) is 10.5. The topological polar surface area (TPSA) is 57.8 Å². The molecule has 1 heterocycles. The molecule has 122 valence electrons. The predicted octanol–water partition coefficient (Wildman–Crippen LogP) is 4.09. The number of hydrogen-bond acceptors (Lipinski definition) is 2. The number of amides is 1. The van der Waals surface area contributed by atoms with Gasteiger partial charge in [0, 0.05) is 17.1 Å². The van der Waals surface area contributed by atoms with Gasteiger partial charge in [-0.15, -0.1) is 0 Å². The van der Waals surface area contributed by atoms with E-state index in [0.717, 1.165) is 18.4 Å². The van der Waals surface area contributed by atoms with E-state index >= 15 is 0 Å². The molecule has 0 spiro atoms. The van der Waals surface area contributed by atoms with Gasteiger partial charge in [0.1, 0.15) is 0 Å². The molecule has 24 heavy (non-hydrogen) atoms. The van der Waals surface area contributed by atoms with E-state index < -0.39 is 0 Å². The first-order valence-corrected chi connectivity index (χ1v) is 8.23. The number of nitrogens with zero attached hydrogens (tertiary/aromatic N) is 1. The van der Waals surface area contributed by atoms with Gasteiger partial charge in [0.25, 0.3) is 5.91 Å². The highest BCUT2D eigenvalue weighted by molar-refractivity contribution is 6.30. The molecule has 1 aromatic heterocycles. The van der Waals surface area contributed by atoms with Gasteiger partial charge in [0.05, 0.1) is 17.5 Å². The first-order valence-electron chi connectivity index (χ1n) is 7.85. The Morgan fingerprint density at radius 1 is 1.08 bits per heavy atom. The quantitative estimate of drug-likeness (QED) is 0.664. The summed E-state index contributed by atoms with van der Waals surface area (Å²) in [6, 6.07) is 17.5. The lowest BCUT2D eigenvalue weighted by molar-refractivity contribution is 0.0954. The van der Waals surface area contributed by atoms with Crippen LogP contribution in [0.4, 0.5) is 0 Å². The molecule has 2 N–H and O–H groups in total. The van der Waals surface area contributed by atoms with Gasteiger partial charge in [-0.05, 0) is 30.5 Å². The van der Waals surface area contributed by atoms with Crippen molar-refractivity contribution in [3.63, 3.8) is 0 Å². The molecule has 0 saturated carbocycles. The number of carbonyl (C=O) groups is 1. The number of H-pyrrole nitrogens is 1. The van der Waals surface area contributed by atoms with Crippen LogP contribution < -0.4 is 5.32 Å². The maximum atomic E-state index is 12.4. The number of halogens is 1. The van der Waals surface area contributed by atoms with E-state index in [1.54, 1.807) is 18.3 Å². The second kappa shape index (κ2) is 7.79. The van der Waals surface area contributed by atoms with Crippen molar-refractivity contribution >= 4 is 17.5 Å². The van der Waals surface area contributed by atoms with E-state index in [4.69, 9.17) is 11.6 Å². The van der Waals surface area contributed by atoms with Gasteiger partial charge in [0.2, 0.25) is 0 Å². The van der Waals surface area contributed by atoms with Crippen molar-refractivity contribution in [1.82, 2.24) is 15.5 Å². The summed E-state index contributed by atoms with van der Waals surface area (Å²) < 4.78 is 0. The Kier molecular flexibility index (Phi) is 5.29. The predicted molar refractivity (Wildman–Crippen MR) is 96.1 cm³/mol. The number of nitrogens with one attached hydrogen (secondary N) is 2. The van der Waals surface area contributed by atoms with E-state index in [-0.39, 0.29) is 5.91 Å². The molecule has 0 aliphatic rings. The molecule has 0 aliphatic carbocycles. The minimum atomic E-state index is -0.123. The van der Waals surface area contributed by atoms with Crippen LogP contribution in [0.15, 0.2) is 60.8 Å². The Labute approximate surface area is 145 Å². The third-order valence-corrected chi connectivity index (χ3v) is 4.04. The van der Waals surface area contributed by atoms with Crippen molar-refractivity contribution in [2.75, 3.05) is 6.54 Å². The molecule has 2 aromatic carbocycles. The van der Waals surface area contributed by atoms with Crippen LogP contribution in [0.25, 0.3) is 11.3 Å². The first-order chi connectivity index (χ1) is 11.7. The number of benzene rings is 2. The van der Waals surface area contributed by atoms with E-state index in [1.165, 1.54) is 5.56 Å². The molecule has 0 unspecified atom stereocenters. The summed E-state index contributed by atoms with van der Waals surface area (Å²) in [5.74, 6) is -0.123. The summed E-state index contributed by atoms with van der Waals surface area (Å²) in [5.41, 5.74) is 3.40. The zero-order valence-electron chi connectivity index (χ0n) is 13.1. The third kappa shape index (κ3) is 4.03. The van der Waals surface area contributed by atoms with E-state index in [9.17, 15) is 4.79 Å². The number of hydrogen-bond donors (Lipinski definition) is 2. The summed E-state index contributed by atoms with van der Waals surface area (Å²) in [7, 11) is 0. The molecule has 0 bridgehead atoms. The molecule has 0 saturated heterocycles. The maximum Gasteiger partial charge on any atom is 0.255 e. The average Bonchev–Trinajstić information content (AvgIpc) is 3.10. The van der Waals surface area contributed by atoms with E-state index in [1.807, 2.05) is 30.3 Å². The van der Waals surface area contributed by atoms with Crippen LogP contribution in [-0.4, -0.2) is 22.6 Å². The standard InChI is InChI=1S/C19H18ClN3O/c20-16-10-8-15(9-11-16)18-17(13-22-23-18)19(24)21-12-4-7-14-5-2-1-3-6-14/h1-3,5-6,8-11,13H,4,7,12H2,(H,21,24)(H,22,23). The van der Waals surface area contributed by atoms with Crippen LogP contribution in [0.2, 0.25) is 5.02 Å². The zero-order chi connectivity index (χ0) is 16.8. The average molecular weight is 340 g/mol. The van der Waals surface area contributed by atoms with Gasteiger partial charge in [-0.25, -0.2) is 0 Å². The summed E-state index contributed by atoms with van der Waals surface area (Å²) >= 11 is 5.91. The van der Waals surface area contributed by atoms with Crippen LogP contribution in [0.5, 0.6) is 0 Å². The SMILES string of the molecule is O=C(NCCCc1ccccc1)c1cn[nH]c1-c1ccc(Cl)cc1. The smallest absolute Gasteiger partial charge is 0.255 e. The molecular formula is C19H18ClN3O. The summed E-state index contributed by atoms with van der Waals surface area (Å²) in [6.07, 6.45) is 3.39. The van der Waals surface area contributed by atoms with Gasteiger partial charge >= 0.3 is 0 Å². The molecule has 0 radical (unpaired) electrons. The van der Waals surface area contributed by atoms with Gasteiger partial charge in [0.15, 0.2) is 0 Å². The Morgan fingerprint density at radius 2 is 1.83 bits per heavy atom. The normalized spacial score (nSPS) is 10.5. The van der Waals surface area contributed by atoms with Crippen molar-refractivity contribution in [2.24, 2.45) is 0 Å². The van der Waals surface area contributed by atoms with Crippen molar-refractivity contribution in [2.45, 2.75) is 12.8 Å². The highest BCUT2D eigenvalue weighted by Crippen LogP contribution is 2.22. The van der Waals surface area contributed by atoms with Crippen molar-refractivity contribution in [1.29, 1.82) is 0 Å². The van der Waals surface area contributed by atoms with Crippen molar-refractivity contribution in [3.05, 3.63) is 76.9 Å². The van der Waals surface area contributed by atoms with Crippen LogP contribution >= 0.6 is 11.6 Å². The molecule has 4 nitrogen and oxygen atoms in total. The molecule has 3 aromatic rings. The maximum absolute atomic E-state index is 12.4. The second-order valence-corrected chi connectivity index (χ2v) is 5.95. The van der Waals surface area contributed by atoms with Gasteiger partial charge in [-0.1, -0.05) is 54.1 Å². The van der Waals surface area contributed by atoms with Crippen LogP contribution in [0.1, 0.15) is 22.3 Å². The van der Waals surface area contributed by atoms with E-state index in [2.05, 4.69) is 27.6 Å². The fourth-order valence-corrected chi connectivity index (χ4v) is 2.66. The minimum absolute atomic E-state index is 0.123. The molecular weight excluding hydrogens is 322 g/mol. The number of aromatic nitrogens is 2. The lowest BCUT2D eigenvalue weighted by atomic mass is 10.1. The monoisotopic (exact) mass is 339 g/mol. The second-order valence-electron chi connectivity index (χ2n) is 5.51. The molecule has 0 aliphatic heterocycles. The minimum Gasteiger partial charge on any atom is -0.352 e. The Morgan fingerprint density at radius 3 is 2.58 bits per heavy atom. The van der Waals surface area contributed by atoms with E-state index in [0.29, 0.717) is 22.8 Å². The molecule has 0 atom stereocenters. The van der Waals surface area contributed by atoms with Gasteiger partial charge in [-0.3, -0.25) is 9.89 Å². The molecule has 0 fully saturated rings. The van der Waals surface area contributed by atoms with Gasteiger partial charge < -0.3 is 5.32 Å². The molecule has 5 heteroatoms. The summed E-state index contributed by atoms with van der Waals surface area (Å²) in [4.78, 5) is 12.4. The first kappa shape index (κ1) is 16.3. The third-order valence-electron chi connectivity index (χ3n) is 3.79. The number of rotatable bonds is 6. The zero-order valence-corrected chi connectivity index (χ0v) is 13.9. The van der Waals surface area contributed by atoms with Crippen LogP contribution in [-0.2, 0) is 6.42 Å². The Balaban J connectivity index is 1.58. The van der Waals surface area contributed by atoms with Gasteiger partial charge in [-0.2, -0.15) is 5.10 Å². The summed E-state index contributed by atoms with van der Waals surface area (Å²) in [6.45, 7) is 0.624. The largest absolute Gasteiger partial charge is 0.352 e. The molecule has 1 amide bonds. The Bertz CT molecular complexity index is 797.